The molecule has 4 rings (SSSR count). The highest BCUT2D eigenvalue weighted by atomic mass is 32.2. The number of hydrogen-bond donors (Lipinski definition) is 2. The fraction of sp³-hybridized carbons (Fsp3) is 0.172. The summed E-state index contributed by atoms with van der Waals surface area (Å²) < 4.78 is 10.6. The molecule has 0 saturated carbocycles. The first kappa shape index (κ1) is 26.5. The first-order valence-electron chi connectivity index (χ1n) is 11.7. The minimum Gasteiger partial charge on any atom is -0.468 e. The van der Waals surface area contributed by atoms with Crippen molar-refractivity contribution in [3.8, 4) is 17.6 Å². The van der Waals surface area contributed by atoms with Crippen LogP contribution in [0.4, 0.5) is 5.69 Å². The number of allylic oxidation sites excluding steroid dienone is 1. The number of nitrogens with zero attached hydrogens (tertiary/aromatic N) is 1. The third-order valence-electron chi connectivity index (χ3n) is 5.88. The summed E-state index contributed by atoms with van der Waals surface area (Å²) in [4.78, 5) is 38.1. The average Bonchev–Trinajstić information content (AvgIpc) is 2.93. The first-order chi connectivity index (χ1) is 18.4. The van der Waals surface area contributed by atoms with Gasteiger partial charge in [-0.3, -0.25) is 14.4 Å². The van der Waals surface area contributed by atoms with Gasteiger partial charge in [0, 0.05) is 11.6 Å². The number of esters is 1. The van der Waals surface area contributed by atoms with E-state index in [4.69, 9.17) is 9.47 Å². The lowest BCUT2D eigenvalue weighted by molar-refractivity contribution is -0.150. The van der Waals surface area contributed by atoms with E-state index in [1.807, 2.05) is 49.4 Å². The molecule has 3 aromatic carbocycles. The molecule has 0 fully saturated rings. The van der Waals surface area contributed by atoms with Crippen molar-refractivity contribution in [3.63, 3.8) is 0 Å². The zero-order valence-corrected chi connectivity index (χ0v) is 21.6. The monoisotopic (exact) mass is 527 g/mol. The Morgan fingerprint density at radius 2 is 1.66 bits per heavy atom. The zero-order chi connectivity index (χ0) is 27.1. The second kappa shape index (κ2) is 12.1. The SMILES string of the molecule is COC(=O)[C@@H]1C(=O)NC(SCC(=O)Nc2ccc(Oc3ccccc3)cc2)=C(C#N)[C@H]1c1ccc(C)cc1. The molecule has 2 amide bonds. The van der Waals surface area contributed by atoms with Crippen LogP contribution in [-0.2, 0) is 19.1 Å². The molecular weight excluding hydrogens is 502 g/mol. The standard InChI is InChI=1S/C29H25N3O5S/c1-18-8-10-19(11-9-18)25-23(16-30)28(32-27(34)26(25)29(35)36-2)38-17-24(33)31-20-12-14-22(15-13-20)37-21-6-4-3-5-7-21/h3-15,25-26H,17H2,1-2H3,(H,31,33)(H,32,34)/t25-,26+/m1/s1. The second-order valence-electron chi connectivity index (χ2n) is 8.51. The van der Waals surface area contributed by atoms with Gasteiger partial charge in [0.1, 0.15) is 17.4 Å². The maximum Gasteiger partial charge on any atom is 0.319 e. The molecular formula is C29H25N3O5S. The van der Waals surface area contributed by atoms with Crippen molar-refractivity contribution in [1.82, 2.24) is 5.32 Å². The Hall–Kier alpha value is -4.55. The van der Waals surface area contributed by atoms with Crippen LogP contribution in [0.2, 0.25) is 0 Å². The Morgan fingerprint density at radius 3 is 2.29 bits per heavy atom. The Balaban J connectivity index is 1.47. The van der Waals surface area contributed by atoms with Crippen LogP contribution in [0.1, 0.15) is 17.0 Å². The normalized spacial score (nSPS) is 16.7. The highest BCUT2D eigenvalue weighted by molar-refractivity contribution is 8.03. The van der Waals surface area contributed by atoms with Crippen LogP contribution in [0.5, 0.6) is 11.5 Å². The molecule has 0 unspecified atom stereocenters. The van der Waals surface area contributed by atoms with Crippen LogP contribution in [0.3, 0.4) is 0 Å². The van der Waals surface area contributed by atoms with Gasteiger partial charge in [-0.05, 0) is 48.9 Å². The smallest absolute Gasteiger partial charge is 0.319 e. The first-order valence-corrected chi connectivity index (χ1v) is 12.7. The van der Waals surface area contributed by atoms with Crippen molar-refractivity contribution in [1.29, 1.82) is 5.26 Å². The van der Waals surface area contributed by atoms with Crippen LogP contribution in [0, 0.1) is 24.2 Å². The Morgan fingerprint density at radius 1 is 1.00 bits per heavy atom. The van der Waals surface area contributed by atoms with Crippen molar-refractivity contribution in [3.05, 3.63) is 101 Å². The molecule has 0 saturated heterocycles. The number of nitrogens with one attached hydrogen (secondary N) is 2. The number of carbonyl (C=O) groups excluding carboxylic acids is 3. The van der Waals surface area contributed by atoms with Gasteiger partial charge >= 0.3 is 5.97 Å². The average molecular weight is 528 g/mol. The van der Waals surface area contributed by atoms with Gasteiger partial charge in [-0.15, -0.1) is 0 Å². The molecule has 0 radical (unpaired) electrons. The van der Waals surface area contributed by atoms with E-state index in [2.05, 4.69) is 16.7 Å². The molecule has 1 aliphatic rings. The number of hydrogen-bond acceptors (Lipinski definition) is 7. The summed E-state index contributed by atoms with van der Waals surface area (Å²) in [5.41, 5.74) is 2.40. The van der Waals surface area contributed by atoms with Gasteiger partial charge in [0.25, 0.3) is 0 Å². The van der Waals surface area contributed by atoms with E-state index < -0.39 is 23.7 Å². The summed E-state index contributed by atoms with van der Waals surface area (Å²) >= 11 is 1.03. The van der Waals surface area contributed by atoms with Crippen molar-refractivity contribution >= 4 is 35.2 Å². The summed E-state index contributed by atoms with van der Waals surface area (Å²) in [6.45, 7) is 1.92. The number of rotatable bonds is 8. The van der Waals surface area contributed by atoms with Gasteiger partial charge < -0.3 is 20.1 Å². The van der Waals surface area contributed by atoms with E-state index in [1.54, 1.807) is 36.4 Å². The topological polar surface area (TPSA) is 118 Å². The lowest BCUT2D eigenvalue weighted by Crippen LogP contribution is -2.44. The maximum atomic E-state index is 12.9. The number of amides is 2. The number of aryl methyl sites for hydroxylation is 1. The second-order valence-corrected chi connectivity index (χ2v) is 9.49. The van der Waals surface area contributed by atoms with Crippen LogP contribution in [0.25, 0.3) is 0 Å². The van der Waals surface area contributed by atoms with Gasteiger partial charge in [0.15, 0.2) is 0 Å². The van der Waals surface area contributed by atoms with Crippen molar-refractivity contribution in [2.75, 3.05) is 18.2 Å². The lowest BCUT2D eigenvalue weighted by atomic mass is 9.78. The van der Waals surface area contributed by atoms with Gasteiger partial charge in [-0.2, -0.15) is 5.26 Å². The molecule has 38 heavy (non-hydrogen) atoms. The third kappa shape index (κ3) is 6.22. The predicted molar refractivity (Wildman–Crippen MR) is 144 cm³/mol. The van der Waals surface area contributed by atoms with Crippen molar-refractivity contribution in [2.45, 2.75) is 12.8 Å². The highest BCUT2D eigenvalue weighted by Crippen LogP contribution is 2.40. The predicted octanol–water partition coefficient (Wildman–Crippen LogP) is 4.90. The van der Waals surface area contributed by atoms with E-state index >= 15 is 0 Å². The van der Waals surface area contributed by atoms with E-state index in [0.717, 1.165) is 17.3 Å². The molecule has 9 heteroatoms. The highest BCUT2D eigenvalue weighted by Gasteiger charge is 2.44. The van der Waals surface area contributed by atoms with Gasteiger partial charge in [-0.25, -0.2) is 0 Å². The summed E-state index contributed by atoms with van der Waals surface area (Å²) in [6, 6.07) is 25.7. The third-order valence-corrected chi connectivity index (χ3v) is 6.90. The molecule has 0 bridgehead atoms. The van der Waals surface area contributed by atoms with Crippen LogP contribution in [-0.4, -0.2) is 30.6 Å². The van der Waals surface area contributed by atoms with Gasteiger partial charge in [0.05, 0.1) is 29.5 Å². The quantitative estimate of drug-likeness (QED) is 0.316. The molecule has 0 aliphatic carbocycles. The van der Waals surface area contributed by atoms with E-state index in [1.165, 1.54) is 7.11 Å². The molecule has 3 aromatic rings. The number of carbonyl (C=O) groups is 3. The van der Waals surface area contributed by atoms with Crippen molar-refractivity contribution < 1.29 is 23.9 Å². The zero-order valence-electron chi connectivity index (χ0n) is 20.8. The number of ether oxygens (including phenoxy) is 2. The number of para-hydroxylation sites is 1. The molecule has 2 atom stereocenters. The van der Waals surface area contributed by atoms with Crippen molar-refractivity contribution in [2.24, 2.45) is 5.92 Å². The van der Waals surface area contributed by atoms with E-state index in [-0.39, 0.29) is 22.3 Å². The number of thioether (sulfide) groups is 1. The van der Waals surface area contributed by atoms with Gasteiger partial charge in [-0.1, -0.05) is 59.8 Å². The lowest BCUT2D eigenvalue weighted by Gasteiger charge is -2.31. The van der Waals surface area contributed by atoms with Gasteiger partial charge in [0.2, 0.25) is 11.8 Å². The summed E-state index contributed by atoms with van der Waals surface area (Å²) in [5.74, 6) is -2.42. The number of methoxy groups -OCH3 is 1. The number of anilines is 1. The molecule has 192 valence electrons. The van der Waals surface area contributed by atoms with E-state index in [9.17, 15) is 19.6 Å². The molecule has 2 N–H and O–H groups in total. The Labute approximate surface area is 224 Å². The molecule has 8 nitrogen and oxygen atoms in total. The summed E-state index contributed by atoms with van der Waals surface area (Å²) in [7, 11) is 1.20. The maximum absolute atomic E-state index is 12.9. The Kier molecular flexibility index (Phi) is 8.46. The number of benzene rings is 3. The summed E-state index contributed by atoms with van der Waals surface area (Å²) in [6.07, 6.45) is 0. The molecule has 1 heterocycles. The molecule has 0 spiro atoms. The Bertz CT molecular complexity index is 1400. The van der Waals surface area contributed by atoms with E-state index in [0.29, 0.717) is 22.7 Å². The van der Waals surface area contributed by atoms with Crippen LogP contribution in [0.15, 0.2) is 89.5 Å². The molecule has 1 aliphatic heterocycles. The van der Waals surface area contributed by atoms with Crippen LogP contribution >= 0.6 is 11.8 Å². The largest absolute Gasteiger partial charge is 0.468 e. The molecule has 0 aromatic heterocycles. The fourth-order valence-electron chi connectivity index (χ4n) is 4.02. The minimum absolute atomic E-state index is 0.0629. The van der Waals surface area contributed by atoms with Crippen LogP contribution < -0.4 is 15.4 Å². The number of nitriles is 1. The minimum atomic E-state index is -1.22. The fourth-order valence-corrected chi connectivity index (χ4v) is 4.87. The summed E-state index contributed by atoms with van der Waals surface area (Å²) in [5, 5.41) is 15.7.